The number of hydrogen-bond donors (Lipinski definition) is 0. The van der Waals surface area contributed by atoms with Crippen LogP contribution in [0.4, 0.5) is 23.9 Å². The number of rotatable bonds is 3. The summed E-state index contributed by atoms with van der Waals surface area (Å²) in [6, 6.07) is 2.23. The van der Waals surface area contributed by atoms with Crippen LogP contribution in [-0.2, 0) is 0 Å². The Labute approximate surface area is 211 Å². The average Bonchev–Trinajstić information content (AvgIpc) is 3.32. The van der Waals surface area contributed by atoms with E-state index >= 15 is 0 Å². The lowest BCUT2D eigenvalue weighted by Crippen LogP contribution is -2.61. The number of amides is 3. The van der Waals surface area contributed by atoms with Crippen LogP contribution in [0.15, 0.2) is 29.5 Å². The zero-order valence-electron chi connectivity index (χ0n) is 20.1. The summed E-state index contributed by atoms with van der Waals surface area (Å²) in [6.45, 7) is 2.66. The van der Waals surface area contributed by atoms with Crippen molar-refractivity contribution in [3.8, 4) is 0 Å². The molecule has 1 atom stereocenters. The number of carbonyl (C=O) groups is 2. The molecule has 3 fully saturated rings. The first-order valence-electron chi connectivity index (χ1n) is 12.5. The van der Waals surface area contributed by atoms with Crippen molar-refractivity contribution in [3.05, 3.63) is 53.1 Å². The van der Waals surface area contributed by atoms with Crippen LogP contribution >= 0.6 is 0 Å². The van der Waals surface area contributed by atoms with Crippen molar-refractivity contribution >= 4 is 24.1 Å². The number of aromatic nitrogens is 2. The molecule has 0 N–H and O–H groups in total. The van der Waals surface area contributed by atoms with Crippen LogP contribution in [0.5, 0.6) is 0 Å². The van der Waals surface area contributed by atoms with E-state index < -0.39 is 29.4 Å². The summed E-state index contributed by atoms with van der Waals surface area (Å²) in [4.78, 5) is 39.4. The van der Waals surface area contributed by atoms with Gasteiger partial charge in [0, 0.05) is 63.4 Å². The number of benzene rings is 1. The van der Waals surface area contributed by atoms with Crippen LogP contribution in [-0.4, -0.2) is 82.2 Å². The molecule has 4 heterocycles. The Hall–Kier alpha value is -3.70. The number of likely N-dealkylation sites (tertiary alicyclic amines) is 1. The quantitative estimate of drug-likeness (QED) is 0.630. The van der Waals surface area contributed by atoms with Gasteiger partial charge in [0.2, 0.25) is 5.95 Å². The Kier molecular flexibility index (Phi) is 5.76. The van der Waals surface area contributed by atoms with Gasteiger partial charge in [-0.15, -0.1) is 0 Å². The number of anilines is 1. The van der Waals surface area contributed by atoms with Crippen LogP contribution in [0.2, 0.25) is 0 Å². The van der Waals surface area contributed by atoms with Crippen LogP contribution in [0, 0.1) is 22.9 Å². The van der Waals surface area contributed by atoms with E-state index in [0.717, 1.165) is 25.1 Å². The van der Waals surface area contributed by atoms with Gasteiger partial charge in [-0.05, 0) is 30.5 Å². The van der Waals surface area contributed by atoms with Crippen LogP contribution in [0.1, 0.15) is 47.8 Å². The van der Waals surface area contributed by atoms with Gasteiger partial charge in [0.05, 0.1) is 12.2 Å². The van der Waals surface area contributed by atoms with Crippen molar-refractivity contribution in [2.24, 2.45) is 10.5 Å². The van der Waals surface area contributed by atoms with E-state index in [2.05, 4.69) is 15.1 Å². The van der Waals surface area contributed by atoms with E-state index in [1.165, 1.54) is 23.6 Å². The lowest BCUT2D eigenvalue weighted by molar-refractivity contribution is -0.0431. The van der Waals surface area contributed by atoms with Gasteiger partial charge in [-0.1, -0.05) is 6.42 Å². The van der Waals surface area contributed by atoms with Crippen LogP contribution < -0.4 is 4.90 Å². The predicted octanol–water partition coefficient (Wildman–Crippen LogP) is 3.19. The van der Waals surface area contributed by atoms with Gasteiger partial charge in [-0.3, -0.25) is 4.79 Å². The summed E-state index contributed by atoms with van der Waals surface area (Å²) in [5.74, 6) is -2.35. The van der Waals surface area contributed by atoms with Gasteiger partial charge in [0.1, 0.15) is 11.6 Å². The molecule has 2 saturated heterocycles. The Bertz CT molecular complexity index is 1250. The average molecular weight is 514 g/mol. The summed E-state index contributed by atoms with van der Waals surface area (Å²) in [6.07, 6.45) is 6.33. The van der Waals surface area contributed by atoms with Gasteiger partial charge < -0.3 is 14.7 Å². The molecule has 1 aromatic carbocycles. The lowest BCUT2D eigenvalue weighted by atomic mass is 9.63. The Morgan fingerprint density at radius 3 is 2.30 bits per heavy atom. The molecule has 1 saturated carbocycles. The third kappa shape index (κ3) is 4.27. The second kappa shape index (κ2) is 9.00. The highest BCUT2D eigenvalue weighted by Gasteiger charge is 2.49. The molecule has 1 aliphatic carbocycles. The molecule has 3 amide bonds. The second-order valence-corrected chi connectivity index (χ2v) is 10.2. The number of hydrazone groups is 1. The summed E-state index contributed by atoms with van der Waals surface area (Å²) >= 11 is 0. The van der Waals surface area contributed by atoms with Crippen molar-refractivity contribution in [3.63, 3.8) is 0 Å². The SMILES string of the molecule is O=C(c1nc(N2CCN(C(=O)N3N=CCC3c3cc(F)cc(F)c3)CC2)ncc1F)N1CC2(CCC2)C1. The Morgan fingerprint density at radius 1 is 0.946 bits per heavy atom. The number of nitrogens with zero attached hydrogens (tertiary/aromatic N) is 7. The third-order valence-electron chi connectivity index (χ3n) is 7.82. The minimum atomic E-state index is -0.746. The van der Waals surface area contributed by atoms with E-state index in [1.807, 2.05) is 0 Å². The molecular formula is C25H26F3N7O2. The topological polar surface area (TPSA) is 85.2 Å². The summed E-state index contributed by atoms with van der Waals surface area (Å²) in [5, 5.41) is 5.39. The van der Waals surface area contributed by atoms with Gasteiger partial charge in [-0.2, -0.15) is 5.10 Å². The molecule has 37 heavy (non-hydrogen) atoms. The Morgan fingerprint density at radius 2 is 1.65 bits per heavy atom. The van der Waals surface area contributed by atoms with E-state index in [1.54, 1.807) is 20.9 Å². The summed E-state index contributed by atoms with van der Waals surface area (Å²) in [5.41, 5.74) is 0.338. The fraction of sp³-hybridized carbons (Fsp3) is 0.480. The van der Waals surface area contributed by atoms with Crippen LogP contribution in [0.25, 0.3) is 0 Å². The highest BCUT2D eigenvalue weighted by atomic mass is 19.1. The molecule has 1 aromatic heterocycles. The molecule has 6 rings (SSSR count). The first-order valence-corrected chi connectivity index (χ1v) is 12.5. The van der Waals surface area contributed by atoms with Crippen molar-refractivity contribution in [2.45, 2.75) is 31.7 Å². The molecule has 0 radical (unpaired) electrons. The lowest BCUT2D eigenvalue weighted by Gasteiger charge is -2.55. The molecular weight excluding hydrogens is 487 g/mol. The summed E-state index contributed by atoms with van der Waals surface area (Å²) < 4.78 is 41.9. The minimum Gasteiger partial charge on any atom is -0.337 e. The molecule has 0 bridgehead atoms. The fourth-order valence-electron chi connectivity index (χ4n) is 5.60. The van der Waals surface area contributed by atoms with E-state index in [0.29, 0.717) is 51.3 Å². The molecule has 1 spiro atoms. The zero-order chi connectivity index (χ0) is 25.7. The zero-order valence-corrected chi connectivity index (χ0v) is 20.1. The fourth-order valence-corrected chi connectivity index (χ4v) is 5.60. The third-order valence-corrected chi connectivity index (χ3v) is 7.82. The van der Waals surface area contributed by atoms with Crippen molar-refractivity contribution in [1.82, 2.24) is 24.8 Å². The van der Waals surface area contributed by atoms with E-state index in [-0.39, 0.29) is 23.1 Å². The highest BCUT2D eigenvalue weighted by Crippen LogP contribution is 2.48. The molecule has 3 aliphatic heterocycles. The first-order chi connectivity index (χ1) is 17.8. The van der Waals surface area contributed by atoms with Crippen LogP contribution in [0.3, 0.4) is 0 Å². The number of piperazine rings is 1. The van der Waals surface area contributed by atoms with Gasteiger partial charge in [0.15, 0.2) is 11.5 Å². The standard InChI is InChI=1S/C25H26F3N7O2/c26-17-10-16(11-18(27)12-17)20-2-5-30-35(20)24(37)33-8-6-32(7-9-33)23-29-13-19(28)21(31-23)22(36)34-14-25(15-34)3-1-4-25/h5,10-13,20H,1-4,6-9,14-15H2. The van der Waals surface area contributed by atoms with Crippen molar-refractivity contribution in [2.75, 3.05) is 44.2 Å². The number of carbonyl (C=O) groups excluding carboxylic acids is 2. The monoisotopic (exact) mass is 513 g/mol. The minimum absolute atomic E-state index is 0.228. The number of hydrogen-bond acceptors (Lipinski definition) is 6. The molecule has 4 aliphatic rings. The Balaban J connectivity index is 1.10. The normalized spacial score (nSPS) is 22.3. The van der Waals surface area contributed by atoms with Gasteiger partial charge >= 0.3 is 6.03 Å². The first kappa shape index (κ1) is 23.7. The van der Waals surface area contributed by atoms with E-state index in [4.69, 9.17) is 0 Å². The summed E-state index contributed by atoms with van der Waals surface area (Å²) in [7, 11) is 0. The van der Waals surface area contributed by atoms with Gasteiger partial charge in [-0.25, -0.2) is 32.9 Å². The number of halogens is 3. The predicted molar refractivity (Wildman–Crippen MR) is 127 cm³/mol. The highest BCUT2D eigenvalue weighted by molar-refractivity contribution is 5.93. The smallest absolute Gasteiger partial charge is 0.337 e. The molecule has 1 unspecified atom stereocenters. The van der Waals surface area contributed by atoms with E-state index in [9.17, 15) is 22.8 Å². The number of urea groups is 1. The maximum atomic E-state index is 14.5. The van der Waals surface area contributed by atoms with Gasteiger partial charge in [0.25, 0.3) is 5.91 Å². The molecule has 12 heteroatoms. The van der Waals surface area contributed by atoms with Crippen molar-refractivity contribution < 1.29 is 22.8 Å². The maximum Gasteiger partial charge on any atom is 0.341 e. The molecule has 2 aromatic rings. The molecule has 194 valence electrons. The second-order valence-electron chi connectivity index (χ2n) is 10.2. The molecule has 9 nitrogen and oxygen atoms in total. The largest absolute Gasteiger partial charge is 0.341 e. The maximum absolute atomic E-state index is 14.5. The van der Waals surface area contributed by atoms with Crippen molar-refractivity contribution in [1.29, 1.82) is 0 Å².